The van der Waals surface area contributed by atoms with Gasteiger partial charge in [-0.1, -0.05) is 15.9 Å². The Hall–Kier alpha value is -0.830. The van der Waals surface area contributed by atoms with E-state index in [-0.39, 0.29) is 0 Å². The van der Waals surface area contributed by atoms with Gasteiger partial charge >= 0.3 is 0 Å². The Balaban J connectivity index is 2.93. The van der Waals surface area contributed by atoms with E-state index in [0.717, 1.165) is 21.1 Å². The number of nitrogens with one attached hydrogen (secondary N) is 1. The van der Waals surface area contributed by atoms with Gasteiger partial charge in [-0.25, -0.2) is 4.98 Å². The van der Waals surface area contributed by atoms with Crippen molar-refractivity contribution in [1.29, 1.82) is 0 Å². The van der Waals surface area contributed by atoms with Crippen molar-refractivity contribution in [2.24, 2.45) is 0 Å². The Morgan fingerprint density at radius 2 is 2.36 bits per heavy atom. The van der Waals surface area contributed by atoms with Crippen LogP contribution in [0, 0.1) is 13.3 Å². The molecule has 0 unspecified atom stereocenters. The van der Waals surface area contributed by atoms with E-state index in [2.05, 4.69) is 32.2 Å². The van der Waals surface area contributed by atoms with Crippen molar-refractivity contribution in [3.63, 3.8) is 0 Å². The predicted molar refractivity (Wildman–Crippen MR) is 47.4 cm³/mol. The number of aromatic amines is 1. The third-order valence-corrected chi connectivity index (χ3v) is 2.58. The number of hydrogen-bond acceptors (Lipinski definition) is 1. The van der Waals surface area contributed by atoms with Crippen molar-refractivity contribution < 1.29 is 0 Å². The van der Waals surface area contributed by atoms with Gasteiger partial charge in [0.1, 0.15) is 0 Å². The molecule has 1 radical (unpaired) electrons. The molecule has 0 bridgehead atoms. The molecule has 0 amide bonds. The van der Waals surface area contributed by atoms with Gasteiger partial charge in [-0.2, -0.15) is 0 Å². The molecule has 2 nitrogen and oxygen atoms in total. The third-order valence-electron chi connectivity index (χ3n) is 1.72. The maximum Gasteiger partial charge on any atom is 0.174 e. The van der Waals surface area contributed by atoms with Crippen LogP contribution in [0.1, 0.15) is 5.56 Å². The fraction of sp³-hybridized carbons (Fsp3) is 0.125. The van der Waals surface area contributed by atoms with Crippen molar-refractivity contribution in [2.75, 3.05) is 0 Å². The van der Waals surface area contributed by atoms with Gasteiger partial charge in [-0.05, 0) is 24.6 Å². The average molecular weight is 210 g/mol. The zero-order valence-corrected chi connectivity index (χ0v) is 7.57. The average Bonchev–Trinajstić information content (AvgIpc) is 2.45. The normalized spacial score (nSPS) is 10.7. The first kappa shape index (κ1) is 6.85. The number of hydrogen-bond donors (Lipinski definition) is 1. The maximum atomic E-state index is 4.07. The fourth-order valence-electron chi connectivity index (χ4n) is 1.06. The monoisotopic (exact) mass is 209 g/mol. The number of rotatable bonds is 0. The van der Waals surface area contributed by atoms with Gasteiger partial charge < -0.3 is 4.98 Å². The number of aryl methyl sites for hydroxylation is 1. The van der Waals surface area contributed by atoms with Gasteiger partial charge in [0.05, 0.1) is 11.0 Å². The van der Waals surface area contributed by atoms with Gasteiger partial charge in [0.25, 0.3) is 0 Å². The molecule has 1 aromatic carbocycles. The number of H-pyrrole nitrogens is 1. The standard InChI is InChI=1S/C8H6BrN2/c1-5-6(9)2-3-7-8(5)11-4-10-7/h2-3H,1H3,(H,10,11). The molecular formula is C8H6BrN2. The van der Waals surface area contributed by atoms with Gasteiger partial charge in [0.15, 0.2) is 6.33 Å². The van der Waals surface area contributed by atoms with Crippen LogP contribution in [0.15, 0.2) is 16.6 Å². The second-order valence-corrected chi connectivity index (χ2v) is 3.27. The Morgan fingerprint density at radius 1 is 1.55 bits per heavy atom. The Labute approximate surface area is 72.8 Å². The van der Waals surface area contributed by atoms with E-state index in [9.17, 15) is 0 Å². The predicted octanol–water partition coefficient (Wildman–Crippen LogP) is 2.43. The molecule has 0 spiro atoms. The summed E-state index contributed by atoms with van der Waals surface area (Å²) in [5.74, 6) is 0. The third kappa shape index (κ3) is 0.959. The van der Waals surface area contributed by atoms with E-state index >= 15 is 0 Å². The summed E-state index contributed by atoms with van der Waals surface area (Å²) in [4.78, 5) is 7.00. The molecule has 0 atom stereocenters. The molecule has 1 heterocycles. The van der Waals surface area contributed by atoms with E-state index in [4.69, 9.17) is 0 Å². The fourth-order valence-corrected chi connectivity index (χ4v) is 1.38. The topological polar surface area (TPSA) is 28.7 Å². The molecule has 11 heavy (non-hydrogen) atoms. The lowest BCUT2D eigenvalue weighted by Crippen LogP contribution is -1.77. The highest BCUT2D eigenvalue weighted by Gasteiger charge is 2.01. The lowest BCUT2D eigenvalue weighted by Gasteiger charge is -1.96. The van der Waals surface area contributed by atoms with E-state index in [1.54, 1.807) is 0 Å². The minimum atomic E-state index is 0.986. The Kier molecular flexibility index (Phi) is 1.46. The second-order valence-electron chi connectivity index (χ2n) is 2.42. The Bertz CT molecular complexity index is 392. The minimum Gasteiger partial charge on any atom is -0.335 e. The quantitative estimate of drug-likeness (QED) is 0.710. The highest BCUT2D eigenvalue weighted by atomic mass is 79.9. The number of imidazole rings is 1. The van der Waals surface area contributed by atoms with Crippen LogP contribution in [-0.4, -0.2) is 9.97 Å². The Morgan fingerprint density at radius 3 is 3.18 bits per heavy atom. The molecule has 0 saturated carbocycles. The molecule has 2 rings (SSSR count). The van der Waals surface area contributed by atoms with Crippen LogP contribution in [0.3, 0.4) is 0 Å². The lowest BCUT2D eigenvalue weighted by atomic mass is 10.2. The largest absolute Gasteiger partial charge is 0.335 e. The molecule has 2 aromatic rings. The summed E-state index contributed by atoms with van der Waals surface area (Å²) >= 11 is 3.43. The highest BCUT2D eigenvalue weighted by molar-refractivity contribution is 9.10. The van der Waals surface area contributed by atoms with Crippen LogP contribution in [0.5, 0.6) is 0 Å². The second kappa shape index (κ2) is 2.34. The number of nitrogens with zero attached hydrogens (tertiary/aromatic N) is 1. The number of benzene rings is 1. The number of fused-ring (bicyclic) bond motifs is 1. The van der Waals surface area contributed by atoms with Gasteiger partial charge in [0.2, 0.25) is 0 Å². The molecule has 0 fully saturated rings. The van der Waals surface area contributed by atoms with Crippen molar-refractivity contribution in [2.45, 2.75) is 6.92 Å². The van der Waals surface area contributed by atoms with Crippen LogP contribution >= 0.6 is 15.9 Å². The molecule has 1 N–H and O–H groups in total. The molecule has 0 aliphatic heterocycles. The van der Waals surface area contributed by atoms with Crippen molar-refractivity contribution in [1.82, 2.24) is 9.97 Å². The first-order valence-corrected chi connectivity index (χ1v) is 4.09. The SMILES string of the molecule is Cc1c(Br)ccc2[nH][c]nc12. The first-order valence-electron chi connectivity index (χ1n) is 3.30. The summed E-state index contributed by atoms with van der Waals surface area (Å²) in [6, 6.07) is 3.99. The van der Waals surface area contributed by atoms with E-state index in [1.165, 1.54) is 0 Å². The van der Waals surface area contributed by atoms with Gasteiger partial charge in [-0.15, -0.1) is 0 Å². The minimum absolute atomic E-state index is 0.986. The van der Waals surface area contributed by atoms with E-state index < -0.39 is 0 Å². The van der Waals surface area contributed by atoms with Crippen molar-refractivity contribution >= 4 is 27.0 Å². The van der Waals surface area contributed by atoms with Gasteiger partial charge in [0, 0.05) is 4.47 Å². The lowest BCUT2D eigenvalue weighted by molar-refractivity contribution is 1.31. The molecule has 1 aromatic heterocycles. The van der Waals surface area contributed by atoms with Crippen molar-refractivity contribution in [3.8, 4) is 0 Å². The summed E-state index contributed by atoms with van der Waals surface area (Å²) in [6.07, 6.45) is 2.71. The first-order chi connectivity index (χ1) is 5.29. The molecule has 0 saturated heterocycles. The molecular weight excluding hydrogens is 204 g/mol. The number of halogens is 1. The number of aromatic nitrogens is 2. The molecule has 0 aliphatic rings. The summed E-state index contributed by atoms with van der Waals surface area (Å²) in [6.45, 7) is 2.03. The van der Waals surface area contributed by atoms with Crippen LogP contribution in [0.2, 0.25) is 0 Å². The van der Waals surface area contributed by atoms with E-state index in [1.807, 2.05) is 19.1 Å². The van der Waals surface area contributed by atoms with Crippen LogP contribution in [-0.2, 0) is 0 Å². The summed E-state index contributed by atoms with van der Waals surface area (Å²) in [5.41, 5.74) is 3.17. The molecule has 0 aliphatic carbocycles. The van der Waals surface area contributed by atoms with Gasteiger partial charge in [-0.3, -0.25) is 0 Å². The summed E-state index contributed by atoms with van der Waals surface area (Å²) < 4.78 is 1.09. The summed E-state index contributed by atoms with van der Waals surface area (Å²) in [5, 5.41) is 0. The summed E-state index contributed by atoms with van der Waals surface area (Å²) in [7, 11) is 0. The van der Waals surface area contributed by atoms with E-state index in [0.29, 0.717) is 0 Å². The molecule has 3 heteroatoms. The maximum absolute atomic E-state index is 4.07. The van der Waals surface area contributed by atoms with Crippen LogP contribution in [0.25, 0.3) is 11.0 Å². The zero-order valence-electron chi connectivity index (χ0n) is 5.98. The molecule has 55 valence electrons. The smallest absolute Gasteiger partial charge is 0.174 e. The van der Waals surface area contributed by atoms with Crippen LogP contribution < -0.4 is 0 Å². The van der Waals surface area contributed by atoms with Crippen molar-refractivity contribution in [3.05, 3.63) is 28.5 Å². The zero-order chi connectivity index (χ0) is 7.84. The van der Waals surface area contributed by atoms with Crippen LogP contribution in [0.4, 0.5) is 0 Å². The highest BCUT2D eigenvalue weighted by Crippen LogP contribution is 2.22.